The quantitative estimate of drug-likeness (QED) is 0.444. The highest BCUT2D eigenvalue weighted by atomic mass is 35.5. The van der Waals surface area contributed by atoms with E-state index in [4.69, 9.17) is 21.3 Å². The van der Waals surface area contributed by atoms with Gasteiger partial charge >= 0.3 is 5.69 Å². The van der Waals surface area contributed by atoms with Crippen molar-refractivity contribution in [3.8, 4) is 5.75 Å². The van der Waals surface area contributed by atoms with Crippen LogP contribution in [0.15, 0.2) is 52.1 Å². The lowest BCUT2D eigenvalue weighted by molar-refractivity contribution is 0.414. The van der Waals surface area contributed by atoms with Crippen LogP contribution < -0.4 is 20.9 Å². The van der Waals surface area contributed by atoms with Gasteiger partial charge in [-0.1, -0.05) is 24.6 Å². The minimum Gasteiger partial charge on any atom is -0.497 e. The Hall–Kier alpha value is -3.59. The maximum absolute atomic E-state index is 14.4. The zero-order valence-corrected chi connectivity index (χ0v) is 19.7. The van der Waals surface area contributed by atoms with Crippen LogP contribution in [0.2, 0.25) is 5.02 Å². The lowest BCUT2D eigenvalue weighted by atomic mass is 10.1. The van der Waals surface area contributed by atoms with Gasteiger partial charge in [-0.15, -0.1) is 0 Å². The second kappa shape index (κ2) is 8.32. The summed E-state index contributed by atoms with van der Waals surface area (Å²) in [4.78, 5) is 33.4. The summed E-state index contributed by atoms with van der Waals surface area (Å²) in [7, 11) is 3.17. The molecule has 0 saturated heterocycles. The molecule has 5 rings (SSSR count). The minimum atomic E-state index is -0.587. The number of aryl methyl sites for hydroxylation is 1. The molecule has 0 spiro atoms. The highest BCUT2D eigenvalue weighted by Crippen LogP contribution is 2.33. The number of hydrogen-bond acceptors (Lipinski definition) is 5. The van der Waals surface area contributed by atoms with Gasteiger partial charge in [-0.05, 0) is 42.3 Å². The Kier molecular flexibility index (Phi) is 5.44. The predicted octanol–water partition coefficient (Wildman–Crippen LogP) is 3.53. The second-order valence-electron chi connectivity index (χ2n) is 8.54. The van der Waals surface area contributed by atoms with E-state index in [0.717, 1.165) is 16.0 Å². The van der Waals surface area contributed by atoms with Gasteiger partial charge in [0.05, 0.1) is 13.7 Å². The van der Waals surface area contributed by atoms with Gasteiger partial charge in [0.25, 0.3) is 5.56 Å². The Morgan fingerprint density at radius 2 is 1.88 bits per heavy atom. The molecule has 10 heteroatoms. The lowest BCUT2D eigenvalue weighted by Crippen LogP contribution is -2.40. The van der Waals surface area contributed by atoms with Gasteiger partial charge in [0.1, 0.15) is 11.6 Å². The van der Waals surface area contributed by atoms with Crippen molar-refractivity contribution in [2.24, 2.45) is 13.0 Å². The van der Waals surface area contributed by atoms with Crippen LogP contribution in [-0.4, -0.2) is 32.3 Å². The molecule has 0 saturated carbocycles. The van der Waals surface area contributed by atoms with E-state index < -0.39 is 17.1 Å². The minimum absolute atomic E-state index is 0.0920. The molecule has 1 aliphatic heterocycles. The molecule has 2 aromatic heterocycles. The van der Waals surface area contributed by atoms with Crippen molar-refractivity contribution < 1.29 is 9.13 Å². The number of imidazole rings is 1. The van der Waals surface area contributed by atoms with E-state index in [9.17, 15) is 14.0 Å². The normalized spacial score (nSPS) is 15.6. The lowest BCUT2D eigenvalue weighted by Gasteiger charge is -2.33. The van der Waals surface area contributed by atoms with Crippen molar-refractivity contribution in [3.05, 3.63) is 79.7 Å². The highest BCUT2D eigenvalue weighted by molar-refractivity contribution is 6.31. The molecular formula is C24H23ClFN5O3. The molecule has 1 aliphatic rings. The first-order valence-corrected chi connectivity index (χ1v) is 11.2. The van der Waals surface area contributed by atoms with Gasteiger partial charge in [-0.3, -0.25) is 13.9 Å². The van der Waals surface area contributed by atoms with Crippen LogP contribution in [0.1, 0.15) is 12.5 Å². The largest absolute Gasteiger partial charge is 0.497 e. The zero-order chi connectivity index (χ0) is 24.1. The fourth-order valence-electron chi connectivity index (χ4n) is 4.47. The van der Waals surface area contributed by atoms with Gasteiger partial charge in [-0.2, -0.15) is 4.98 Å². The Morgan fingerprint density at radius 3 is 2.56 bits per heavy atom. The van der Waals surface area contributed by atoms with Crippen molar-refractivity contribution in [2.45, 2.75) is 20.0 Å². The van der Waals surface area contributed by atoms with Crippen LogP contribution in [0.5, 0.6) is 5.75 Å². The molecule has 0 amide bonds. The summed E-state index contributed by atoms with van der Waals surface area (Å²) < 4.78 is 23.9. The van der Waals surface area contributed by atoms with Crippen LogP contribution in [0.3, 0.4) is 0 Å². The van der Waals surface area contributed by atoms with Gasteiger partial charge in [0, 0.05) is 36.4 Å². The van der Waals surface area contributed by atoms with Gasteiger partial charge < -0.3 is 14.2 Å². The van der Waals surface area contributed by atoms with Crippen LogP contribution in [-0.2, 0) is 20.1 Å². The average Bonchev–Trinajstić information content (AvgIpc) is 3.21. The Morgan fingerprint density at radius 1 is 1.15 bits per heavy atom. The summed E-state index contributed by atoms with van der Waals surface area (Å²) in [6.45, 7) is 3.07. The summed E-state index contributed by atoms with van der Waals surface area (Å²) >= 11 is 6.17. The Balaban J connectivity index is 1.71. The maximum Gasteiger partial charge on any atom is 0.332 e. The maximum atomic E-state index is 14.4. The SMILES string of the molecule is COc1ccc(N2CC(C)Cn3c2nc2c3c(=O)n(Cc3c(F)cccc3Cl)c(=O)n2C)cc1. The monoisotopic (exact) mass is 483 g/mol. The van der Waals surface area contributed by atoms with Crippen molar-refractivity contribution in [3.63, 3.8) is 0 Å². The number of halogens is 2. The smallest absolute Gasteiger partial charge is 0.332 e. The molecule has 176 valence electrons. The standard InChI is InChI=1S/C24H23ClFN5O3/c1-14-11-29(15-7-9-16(34-3)10-8-15)23-27-21-20(30(23)12-14)22(32)31(24(33)28(21)2)13-17-18(25)5-4-6-19(17)26/h4-10,14H,11-13H2,1-3H3. The van der Waals surface area contributed by atoms with E-state index in [2.05, 4.69) is 6.92 Å². The summed E-state index contributed by atoms with van der Waals surface area (Å²) in [6.07, 6.45) is 0. The molecule has 0 radical (unpaired) electrons. The Bertz CT molecular complexity index is 1500. The number of nitrogens with zero attached hydrogens (tertiary/aromatic N) is 5. The van der Waals surface area contributed by atoms with Gasteiger partial charge in [0.2, 0.25) is 5.95 Å². The number of hydrogen-bond donors (Lipinski definition) is 0. The molecule has 34 heavy (non-hydrogen) atoms. The van der Waals surface area contributed by atoms with E-state index in [1.165, 1.54) is 22.8 Å². The third kappa shape index (κ3) is 3.47. The molecule has 0 N–H and O–H groups in total. The average molecular weight is 484 g/mol. The first-order chi connectivity index (χ1) is 16.3. The van der Waals surface area contributed by atoms with E-state index in [-0.39, 0.29) is 28.7 Å². The van der Waals surface area contributed by atoms with Crippen molar-refractivity contribution >= 4 is 34.4 Å². The molecule has 8 nitrogen and oxygen atoms in total. The fourth-order valence-corrected chi connectivity index (χ4v) is 4.69. The summed E-state index contributed by atoms with van der Waals surface area (Å²) in [5, 5.41) is 0.156. The summed E-state index contributed by atoms with van der Waals surface area (Å²) in [5.74, 6) is 0.945. The molecule has 2 aromatic carbocycles. The molecule has 1 atom stereocenters. The van der Waals surface area contributed by atoms with Crippen LogP contribution in [0.25, 0.3) is 11.2 Å². The van der Waals surface area contributed by atoms with Gasteiger partial charge in [-0.25, -0.2) is 9.18 Å². The molecule has 0 fully saturated rings. The van der Waals surface area contributed by atoms with Crippen molar-refractivity contribution in [1.29, 1.82) is 0 Å². The fraction of sp³-hybridized carbons (Fsp3) is 0.292. The third-order valence-corrected chi connectivity index (χ3v) is 6.56. The molecule has 0 bridgehead atoms. The molecule has 4 aromatic rings. The topological polar surface area (TPSA) is 74.3 Å². The van der Waals surface area contributed by atoms with Crippen LogP contribution in [0.4, 0.5) is 16.0 Å². The summed E-state index contributed by atoms with van der Waals surface area (Å²) in [5.41, 5.74) is 0.459. The van der Waals surface area contributed by atoms with Crippen molar-refractivity contribution in [1.82, 2.24) is 18.7 Å². The first-order valence-electron chi connectivity index (χ1n) is 10.8. The Labute approximate surface area is 199 Å². The van der Waals surface area contributed by atoms with Crippen LogP contribution >= 0.6 is 11.6 Å². The number of methoxy groups -OCH3 is 1. The first kappa shape index (κ1) is 22.2. The molecular weight excluding hydrogens is 461 g/mol. The predicted molar refractivity (Wildman–Crippen MR) is 129 cm³/mol. The number of anilines is 2. The highest BCUT2D eigenvalue weighted by Gasteiger charge is 2.30. The zero-order valence-electron chi connectivity index (χ0n) is 19.0. The molecule has 1 unspecified atom stereocenters. The number of aromatic nitrogens is 4. The number of ether oxygens (including phenoxy) is 1. The van der Waals surface area contributed by atoms with E-state index in [1.54, 1.807) is 14.2 Å². The number of rotatable bonds is 4. The number of benzene rings is 2. The summed E-state index contributed by atoms with van der Waals surface area (Å²) in [6, 6.07) is 11.8. The van der Waals surface area contributed by atoms with E-state index >= 15 is 0 Å². The third-order valence-electron chi connectivity index (χ3n) is 6.20. The number of fused-ring (bicyclic) bond motifs is 3. The van der Waals surface area contributed by atoms with E-state index in [0.29, 0.717) is 24.6 Å². The van der Waals surface area contributed by atoms with Crippen LogP contribution in [0, 0.1) is 11.7 Å². The molecule has 0 aliphatic carbocycles. The molecule has 3 heterocycles. The van der Waals surface area contributed by atoms with Gasteiger partial charge in [0.15, 0.2) is 11.2 Å². The van der Waals surface area contributed by atoms with E-state index in [1.807, 2.05) is 33.7 Å². The van der Waals surface area contributed by atoms with Crippen molar-refractivity contribution in [2.75, 3.05) is 18.6 Å². The second-order valence-corrected chi connectivity index (χ2v) is 8.95.